The van der Waals surface area contributed by atoms with E-state index in [1.54, 1.807) is 12.5 Å². The predicted molar refractivity (Wildman–Crippen MR) is 108 cm³/mol. The van der Waals surface area contributed by atoms with E-state index in [1.807, 2.05) is 31.3 Å². The van der Waals surface area contributed by atoms with Gasteiger partial charge in [-0.25, -0.2) is 9.97 Å². The molecular weight excluding hydrogens is 354 g/mol. The lowest BCUT2D eigenvalue weighted by Gasteiger charge is -2.21. The van der Waals surface area contributed by atoms with Crippen LogP contribution < -0.4 is 15.4 Å². The van der Waals surface area contributed by atoms with E-state index in [-0.39, 0.29) is 5.91 Å². The number of H-pyrrole nitrogens is 1. The second-order valence-corrected chi connectivity index (χ2v) is 6.93. The molecule has 0 saturated heterocycles. The summed E-state index contributed by atoms with van der Waals surface area (Å²) in [6.45, 7) is 5.36. The molecule has 0 aliphatic carbocycles. The third-order valence-electron chi connectivity index (χ3n) is 5.30. The van der Waals surface area contributed by atoms with Gasteiger partial charge < -0.3 is 20.4 Å². The fourth-order valence-electron chi connectivity index (χ4n) is 3.81. The van der Waals surface area contributed by atoms with Crippen LogP contribution in [0.4, 0.5) is 11.4 Å². The van der Waals surface area contributed by atoms with Crippen molar-refractivity contribution in [3.05, 3.63) is 53.7 Å². The maximum atomic E-state index is 12.6. The number of aromatic nitrogens is 3. The Morgan fingerprint density at radius 1 is 1.21 bits per heavy atom. The fourth-order valence-corrected chi connectivity index (χ4v) is 3.81. The number of benzene rings is 1. The van der Waals surface area contributed by atoms with Gasteiger partial charge in [-0.3, -0.25) is 4.79 Å². The molecule has 3 aromatic rings. The van der Waals surface area contributed by atoms with Gasteiger partial charge in [0.25, 0.3) is 5.91 Å². The number of carbonyl (C=O) groups is 1. The predicted octanol–water partition coefficient (Wildman–Crippen LogP) is 3.47. The number of amides is 1. The molecule has 0 saturated carbocycles. The highest BCUT2D eigenvalue weighted by Crippen LogP contribution is 2.41. The van der Waals surface area contributed by atoms with E-state index in [0.29, 0.717) is 18.1 Å². The first kappa shape index (κ1) is 16.6. The molecular formula is C21H19N5O2. The monoisotopic (exact) mass is 373 g/mol. The molecule has 0 fully saturated rings. The van der Waals surface area contributed by atoms with E-state index >= 15 is 0 Å². The molecule has 0 bridgehead atoms. The molecule has 0 radical (unpaired) electrons. The number of anilines is 2. The molecule has 28 heavy (non-hydrogen) atoms. The summed E-state index contributed by atoms with van der Waals surface area (Å²) < 4.78 is 5.63. The topological polar surface area (TPSA) is 91.9 Å². The standard InChI is InChI=1S/C21H19N5O2/c1-11-15(8-24-21-19(11)23-5-6-28-21)13-3-4-16-14(7-13)18(20(27)26-16)12(2)17-9-22-10-25-17/h3-4,7-10,23H,5-6H2,1-2H3,(H,22,25)(H,26,27). The number of hydrogen-bond acceptors (Lipinski definition) is 5. The summed E-state index contributed by atoms with van der Waals surface area (Å²) in [5.74, 6) is 0.538. The van der Waals surface area contributed by atoms with Crippen molar-refractivity contribution in [3.63, 3.8) is 0 Å². The molecule has 0 unspecified atom stereocenters. The zero-order valence-electron chi connectivity index (χ0n) is 15.6. The van der Waals surface area contributed by atoms with Crippen LogP contribution in [0.15, 0.2) is 36.9 Å². The number of allylic oxidation sites excluding steroid dienone is 1. The van der Waals surface area contributed by atoms with Crippen molar-refractivity contribution in [1.82, 2.24) is 15.0 Å². The van der Waals surface area contributed by atoms with Gasteiger partial charge in [0.2, 0.25) is 5.88 Å². The second-order valence-electron chi connectivity index (χ2n) is 6.93. The SMILES string of the molecule is CC(=C1C(=O)Nc2ccc(-c3cnc4c(c3C)NCCO4)cc21)c1cnc[nH]1. The number of imidazole rings is 1. The van der Waals surface area contributed by atoms with Crippen molar-refractivity contribution in [2.75, 3.05) is 23.8 Å². The first-order valence-corrected chi connectivity index (χ1v) is 9.15. The van der Waals surface area contributed by atoms with Crippen LogP contribution in [0.2, 0.25) is 0 Å². The number of aromatic amines is 1. The number of hydrogen-bond donors (Lipinski definition) is 3. The third kappa shape index (κ3) is 2.47. The summed E-state index contributed by atoms with van der Waals surface area (Å²) in [5, 5.41) is 6.33. The highest BCUT2D eigenvalue weighted by atomic mass is 16.5. The van der Waals surface area contributed by atoms with Crippen molar-refractivity contribution in [2.45, 2.75) is 13.8 Å². The van der Waals surface area contributed by atoms with Gasteiger partial charge in [0.1, 0.15) is 12.3 Å². The molecule has 2 aliphatic heterocycles. The van der Waals surface area contributed by atoms with E-state index in [9.17, 15) is 4.79 Å². The normalized spacial score (nSPS) is 16.6. The molecule has 1 aromatic carbocycles. The number of nitrogens with zero attached hydrogens (tertiary/aromatic N) is 2. The van der Waals surface area contributed by atoms with Crippen molar-refractivity contribution in [1.29, 1.82) is 0 Å². The third-order valence-corrected chi connectivity index (χ3v) is 5.30. The summed E-state index contributed by atoms with van der Waals surface area (Å²) in [4.78, 5) is 24.2. The van der Waals surface area contributed by atoms with Gasteiger partial charge in [0, 0.05) is 29.6 Å². The van der Waals surface area contributed by atoms with Gasteiger partial charge in [-0.15, -0.1) is 0 Å². The van der Waals surface area contributed by atoms with E-state index in [1.165, 1.54) is 0 Å². The van der Waals surface area contributed by atoms with Crippen molar-refractivity contribution in [3.8, 4) is 17.0 Å². The number of fused-ring (bicyclic) bond motifs is 2. The molecule has 140 valence electrons. The molecule has 0 spiro atoms. The molecule has 7 heteroatoms. The molecule has 7 nitrogen and oxygen atoms in total. The van der Waals surface area contributed by atoms with Crippen LogP contribution in [-0.4, -0.2) is 34.0 Å². The lowest BCUT2D eigenvalue weighted by molar-refractivity contribution is -0.110. The lowest BCUT2D eigenvalue weighted by atomic mass is 9.95. The summed E-state index contributed by atoms with van der Waals surface area (Å²) >= 11 is 0. The zero-order valence-corrected chi connectivity index (χ0v) is 15.6. The van der Waals surface area contributed by atoms with Gasteiger partial charge in [0.15, 0.2) is 0 Å². The Kier molecular flexibility index (Phi) is 3.68. The summed E-state index contributed by atoms with van der Waals surface area (Å²) in [5.41, 5.74) is 8.08. The average molecular weight is 373 g/mol. The summed E-state index contributed by atoms with van der Waals surface area (Å²) in [7, 11) is 0. The summed E-state index contributed by atoms with van der Waals surface area (Å²) in [6, 6.07) is 5.99. The minimum Gasteiger partial charge on any atom is -0.474 e. The minimum absolute atomic E-state index is 0.102. The van der Waals surface area contributed by atoms with Crippen molar-refractivity contribution < 1.29 is 9.53 Å². The quantitative estimate of drug-likeness (QED) is 0.598. The van der Waals surface area contributed by atoms with Gasteiger partial charge >= 0.3 is 0 Å². The van der Waals surface area contributed by atoms with Crippen LogP contribution in [0.3, 0.4) is 0 Å². The Bertz CT molecular complexity index is 1130. The van der Waals surface area contributed by atoms with Gasteiger partial charge in [0.05, 0.1) is 23.8 Å². The summed E-state index contributed by atoms with van der Waals surface area (Å²) in [6.07, 6.45) is 5.17. The average Bonchev–Trinajstić information content (AvgIpc) is 3.35. The first-order valence-electron chi connectivity index (χ1n) is 9.15. The Morgan fingerprint density at radius 3 is 2.93 bits per heavy atom. The smallest absolute Gasteiger partial charge is 0.256 e. The number of pyridine rings is 1. The largest absolute Gasteiger partial charge is 0.474 e. The molecule has 2 aliphatic rings. The molecule has 3 N–H and O–H groups in total. The Morgan fingerprint density at radius 2 is 2.11 bits per heavy atom. The Labute approximate surface area is 161 Å². The van der Waals surface area contributed by atoms with E-state index in [4.69, 9.17) is 4.74 Å². The van der Waals surface area contributed by atoms with Crippen LogP contribution in [0, 0.1) is 6.92 Å². The van der Waals surface area contributed by atoms with E-state index in [2.05, 4.69) is 32.5 Å². The number of carbonyl (C=O) groups excluding carboxylic acids is 1. The van der Waals surface area contributed by atoms with Crippen LogP contribution in [0.25, 0.3) is 22.3 Å². The zero-order chi connectivity index (χ0) is 19.3. The van der Waals surface area contributed by atoms with Crippen LogP contribution in [0.5, 0.6) is 5.88 Å². The molecule has 2 aromatic heterocycles. The number of nitrogens with one attached hydrogen (secondary N) is 3. The highest BCUT2D eigenvalue weighted by Gasteiger charge is 2.28. The van der Waals surface area contributed by atoms with Gasteiger partial charge in [-0.05, 0) is 42.7 Å². The number of rotatable bonds is 2. The van der Waals surface area contributed by atoms with Gasteiger partial charge in [-0.2, -0.15) is 0 Å². The van der Waals surface area contributed by atoms with E-state index < -0.39 is 0 Å². The van der Waals surface area contributed by atoms with E-state index in [0.717, 1.165) is 51.4 Å². The fraction of sp³-hybridized carbons (Fsp3) is 0.190. The second kappa shape index (κ2) is 6.23. The maximum Gasteiger partial charge on any atom is 0.256 e. The lowest BCUT2D eigenvalue weighted by Crippen LogP contribution is -2.20. The minimum atomic E-state index is -0.102. The maximum absolute atomic E-state index is 12.6. The van der Waals surface area contributed by atoms with Crippen LogP contribution in [0.1, 0.15) is 23.7 Å². The van der Waals surface area contributed by atoms with Crippen LogP contribution >= 0.6 is 0 Å². The molecule has 4 heterocycles. The van der Waals surface area contributed by atoms with Crippen LogP contribution in [-0.2, 0) is 4.79 Å². The first-order chi connectivity index (χ1) is 13.6. The molecule has 0 atom stereocenters. The van der Waals surface area contributed by atoms with Crippen molar-refractivity contribution >= 4 is 28.4 Å². The Balaban J connectivity index is 1.65. The Hall–Kier alpha value is -3.61. The van der Waals surface area contributed by atoms with Gasteiger partial charge in [-0.1, -0.05) is 6.07 Å². The molecule has 5 rings (SSSR count). The highest BCUT2D eigenvalue weighted by molar-refractivity contribution is 6.36. The molecule has 1 amide bonds. The number of ether oxygens (including phenoxy) is 1. The van der Waals surface area contributed by atoms with Crippen molar-refractivity contribution in [2.24, 2.45) is 0 Å².